The molecular formula is C11H19NO3. The zero-order valence-corrected chi connectivity index (χ0v) is 9.87. The van der Waals surface area contributed by atoms with E-state index in [1.165, 1.54) is 0 Å². The van der Waals surface area contributed by atoms with Gasteiger partial charge in [0.1, 0.15) is 0 Å². The molecule has 0 aromatic heterocycles. The number of carbonyl (C=O) groups is 1. The number of esters is 1. The van der Waals surface area contributed by atoms with Gasteiger partial charge >= 0.3 is 5.97 Å². The predicted molar refractivity (Wildman–Crippen MR) is 55.8 cm³/mol. The quantitative estimate of drug-likeness (QED) is 0.501. The van der Waals surface area contributed by atoms with Crippen molar-refractivity contribution in [2.45, 2.75) is 46.8 Å². The number of hydrogen-bond acceptors (Lipinski definition) is 4. The lowest BCUT2D eigenvalue weighted by Gasteiger charge is -2.16. The standard InChI is InChI=1S/C11H19NO3/c1-5-14-9(2)15-10(13)6-7-11(3,4)8-12/h9H,5-7H2,1-4H3. The number of nitrogens with zero attached hydrogens (tertiary/aromatic N) is 1. The first kappa shape index (κ1) is 13.9. The first-order chi connectivity index (χ1) is 6.91. The Balaban J connectivity index is 3.81. The lowest BCUT2D eigenvalue weighted by Crippen LogP contribution is -2.19. The second kappa shape index (κ2) is 6.41. The van der Waals surface area contributed by atoms with Crippen LogP contribution >= 0.6 is 0 Å². The van der Waals surface area contributed by atoms with Gasteiger partial charge in [0.2, 0.25) is 0 Å². The molecule has 1 atom stereocenters. The Morgan fingerprint density at radius 1 is 1.53 bits per heavy atom. The predicted octanol–water partition coefficient (Wildman–Crippen LogP) is 2.24. The summed E-state index contributed by atoms with van der Waals surface area (Å²) in [4.78, 5) is 11.3. The molecule has 1 unspecified atom stereocenters. The topological polar surface area (TPSA) is 59.3 Å². The third-order valence-corrected chi connectivity index (χ3v) is 1.96. The van der Waals surface area contributed by atoms with E-state index in [-0.39, 0.29) is 12.4 Å². The summed E-state index contributed by atoms with van der Waals surface area (Å²) in [5.41, 5.74) is -0.478. The summed E-state index contributed by atoms with van der Waals surface area (Å²) in [7, 11) is 0. The molecule has 15 heavy (non-hydrogen) atoms. The van der Waals surface area contributed by atoms with Crippen LogP contribution in [0.15, 0.2) is 0 Å². The first-order valence-corrected chi connectivity index (χ1v) is 5.13. The third-order valence-electron chi connectivity index (χ3n) is 1.96. The van der Waals surface area contributed by atoms with Crippen LogP contribution in [0.3, 0.4) is 0 Å². The van der Waals surface area contributed by atoms with Crippen molar-refractivity contribution < 1.29 is 14.3 Å². The fraction of sp³-hybridized carbons (Fsp3) is 0.818. The van der Waals surface area contributed by atoms with Crippen LogP contribution < -0.4 is 0 Å². The van der Waals surface area contributed by atoms with Crippen molar-refractivity contribution in [1.29, 1.82) is 5.26 Å². The highest BCUT2D eigenvalue weighted by Gasteiger charge is 2.19. The maximum atomic E-state index is 11.3. The highest BCUT2D eigenvalue weighted by Crippen LogP contribution is 2.20. The molecule has 0 N–H and O–H groups in total. The molecule has 0 aliphatic rings. The molecule has 0 rings (SSSR count). The Kier molecular flexibility index (Phi) is 5.95. The zero-order chi connectivity index (χ0) is 11.9. The largest absolute Gasteiger partial charge is 0.436 e. The molecule has 0 aliphatic carbocycles. The summed E-state index contributed by atoms with van der Waals surface area (Å²) in [6.07, 6.45) is 0.242. The molecule has 0 aromatic carbocycles. The van der Waals surface area contributed by atoms with Crippen LogP contribution in [0.5, 0.6) is 0 Å². The van der Waals surface area contributed by atoms with Crippen LogP contribution in [0.25, 0.3) is 0 Å². The van der Waals surface area contributed by atoms with E-state index in [1.54, 1.807) is 20.8 Å². The van der Waals surface area contributed by atoms with Crippen molar-refractivity contribution >= 4 is 5.97 Å². The number of nitriles is 1. The molecular weight excluding hydrogens is 194 g/mol. The van der Waals surface area contributed by atoms with Crippen molar-refractivity contribution in [3.05, 3.63) is 0 Å². The summed E-state index contributed by atoms with van der Waals surface area (Å²) in [5.74, 6) is -0.320. The minimum atomic E-state index is -0.507. The average molecular weight is 213 g/mol. The van der Waals surface area contributed by atoms with Gasteiger partial charge in [0.25, 0.3) is 0 Å². The molecule has 0 saturated heterocycles. The summed E-state index contributed by atoms with van der Waals surface area (Å²) in [5, 5.41) is 8.75. The van der Waals surface area contributed by atoms with E-state index < -0.39 is 11.7 Å². The molecule has 0 radical (unpaired) electrons. The summed E-state index contributed by atoms with van der Waals surface area (Å²) in [6.45, 7) is 7.62. The molecule has 0 aliphatic heterocycles. The molecule has 0 amide bonds. The van der Waals surface area contributed by atoms with Crippen molar-refractivity contribution in [3.8, 4) is 6.07 Å². The Hall–Kier alpha value is -1.08. The van der Waals surface area contributed by atoms with Gasteiger partial charge in [0.05, 0.1) is 11.5 Å². The van der Waals surface area contributed by atoms with Crippen molar-refractivity contribution in [2.75, 3.05) is 6.61 Å². The van der Waals surface area contributed by atoms with Crippen LogP contribution in [0.4, 0.5) is 0 Å². The van der Waals surface area contributed by atoms with Gasteiger partial charge in [-0.1, -0.05) is 0 Å². The van der Waals surface area contributed by atoms with Gasteiger partial charge in [0.15, 0.2) is 6.29 Å². The van der Waals surface area contributed by atoms with Crippen molar-refractivity contribution in [1.82, 2.24) is 0 Å². The van der Waals surface area contributed by atoms with Crippen LogP contribution in [-0.4, -0.2) is 18.9 Å². The lowest BCUT2D eigenvalue weighted by atomic mass is 9.90. The Bertz CT molecular complexity index is 243. The number of hydrogen-bond donors (Lipinski definition) is 0. The number of carbonyl (C=O) groups excluding carboxylic acids is 1. The highest BCUT2D eigenvalue weighted by molar-refractivity contribution is 5.69. The smallest absolute Gasteiger partial charge is 0.308 e. The SMILES string of the molecule is CCOC(C)OC(=O)CCC(C)(C)C#N. The molecule has 4 heteroatoms. The van der Waals surface area contributed by atoms with E-state index in [0.29, 0.717) is 13.0 Å². The van der Waals surface area contributed by atoms with Crippen molar-refractivity contribution in [2.24, 2.45) is 5.41 Å². The van der Waals surface area contributed by atoms with Gasteiger partial charge in [-0.3, -0.25) is 4.79 Å². The van der Waals surface area contributed by atoms with E-state index in [4.69, 9.17) is 14.7 Å². The van der Waals surface area contributed by atoms with E-state index in [2.05, 4.69) is 6.07 Å². The first-order valence-electron chi connectivity index (χ1n) is 5.13. The minimum absolute atomic E-state index is 0.248. The molecule has 0 bridgehead atoms. The minimum Gasteiger partial charge on any atom is -0.436 e. The molecule has 0 spiro atoms. The highest BCUT2D eigenvalue weighted by atomic mass is 16.7. The zero-order valence-electron chi connectivity index (χ0n) is 9.87. The summed E-state index contributed by atoms with van der Waals surface area (Å²) < 4.78 is 10.0. The van der Waals surface area contributed by atoms with Crippen LogP contribution in [0.1, 0.15) is 40.5 Å². The maximum Gasteiger partial charge on any atom is 0.308 e. The molecule has 86 valence electrons. The lowest BCUT2D eigenvalue weighted by molar-refractivity contribution is -0.174. The maximum absolute atomic E-state index is 11.3. The Morgan fingerprint density at radius 2 is 2.13 bits per heavy atom. The molecule has 0 aromatic rings. The molecule has 0 heterocycles. The second-order valence-corrected chi connectivity index (χ2v) is 4.01. The Labute approximate surface area is 91.2 Å². The molecule has 4 nitrogen and oxygen atoms in total. The van der Waals surface area contributed by atoms with E-state index >= 15 is 0 Å². The second-order valence-electron chi connectivity index (χ2n) is 4.01. The number of ether oxygens (including phenoxy) is 2. The van der Waals surface area contributed by atoms with Gasteiger partial charge in [-0.05, 0) is 34.1 Å². The molecule has 0 saturated carbocycles. The fourth-order valence-electron chi connectivity index (χ4n) is 0.983. The monoisotopic (exact) mass is 213 g/mol. The van der Waals surface area contributed by atoms with Crippen LogP contribution in [0, 0.1) is 16.7 Å². The average Bonchev–Trinajstić information content (AvgIpc) is 2.15. The van der Waals surface area contributed by atoms with E-state index in [1.807, 2.05) is 6.92 Å². The molecule has 0 fully saturated rings. The van der Waals surface area contributed by atoms with E-state index in [0.717, 1.165) is 0 Å². The van der Waals surface area contributed by atoms with E-state index in [9.17, 15) is 4.79 Å². The van der Waals surface area contributed by atoms with Gasteiger partial charge in [-0.2, -0.15) is 5.26 Å². The van der Waals surface area contributed by atoms with Crippen LogP contribution in [0.2, 0.25) is 0 Å². The van der Waals surface area contributed by atoms with Gasteiger partial charge in [0, 0.05) is 13.0 Å². The van der Waals surface area contributed by atoms with Gasteiger partial charge in [-0.15, -0.1) is 0 Å². The van der Waals surface area contributed by atoms with Crippen molar-refractivity contribution in [3.63, 3.8) is 0 Å². The third kappa shape index (κ3) is 6.92. The number of rotatable bonds is 6. The summed E-state index contributed by atoms with van der Waals surface area (Å²) in [6, 6.07) is 2.14. The van der Waals surface area contributed by atoms with Gasteiger partial charge < -0.3 is 9.47 Å². The van der Waals surface area contributed by atoms with Gasteiger partial charge in [-0.25, -0.2) is 0 Å². The van der Waals surface area contributed by atoms with Crippen LogP contribution in [-0.2, 0) is 14.3 Å². The summed E-state index contributed by atoms with van der Waals surface area (Å²) >= 11 is 0. The normalized spacial score (nSPS) is 13.0. The Morgan fingerprint density at radius 3 is 2.60 bits per heavy atom. The fourth-order valence-corrected chi connectivity index (χ4v) is 0.983.